The highest BCUT2D eigenvalue weighted by molar-refractivity contribution is 6.08. The number of hydrogen-bond donors (Lipinski definition) is 1. The molecule has 3 rings (SSSR count). The minimum Gasteiger partial charge on any atom is -0.507 e. The molecule has 0 unspecified atom stereocenters. The molecule has 28 heavy (non-hydrogen) atoms. The van der Waals surface area contributed by atoms with Gasteiger partial charge in [0, 0.05) is 0 Å². The molecule has 0 atom stereocenters. The first kappa shape index (κ1) is 19.8. The first-order valence-electron chi connectivity index (χ1n) is 9.64. The molecule has 5 heteroatoms. The van der Waals surface area contributed by atoms with Crippen LogP contribution in [0.4, 0.5) is 0 Å². The molecule has 0 fully saturated rings. The molecular formula is C23H26O5. The van der Waals surface area contributed by atoms with Gasteiger partial charge in [0.25, 0.3) is 0 Å². The Kier molecular flexibility index (Phi) is 6.95. The molecule has 0 spiro atoms. The van der Waals surface area contributed by atoms with Gasteiger partial charge in [0.1, 0.15) is 17.1 Å². The zero-order chi connectivity index (χ0) is 19.8. The zero-order valence-electron chi connectivity index (χ0n) is 16.1. The zero-order valence-corrected chi connectivity index (χ0v) is 16.1. The number of aromatic hydroxyl groups is 1. The van der Waals surface area contributed by atoms with Gasteiger partial charge in [0.05, 0.1) is 7.11 Å². The summed E-state index contributed by atoms with van der Waals surface area (Å²) in [6, 6.07) is 10.9. The maximum absolute atomic E-state index is 12.3. The molecule has 0 aliphatic carbocycles. The quantitative estimate of drug-likeness (QED) is 0.353. The second-order valence-electron chi connectivity index (χ2n) is 6.76. The molecule has 1 aliphatic rings. The molecule has 5 nitrogen and oxygen atoms in total. The van der Waals surface area contributed by atoms with Crippen LogP contribution in [0.25, 0.3) is 0 Å². The average molecular weight is 382 g/mol. The fourth-order valence-electron chi connectivity index (χ4n) is 3.25. The van der Waals surface area contributed by atoms with Gasteiger partial charge in [-0.1, -0.05) is 31.1 Å². The molecular weight excluding hydrogens is 356 g/mol. The number of hydrogen-bond acceptors (Lipinski definition) is 5. The Morgan fingerprint density at radius 2 is 1.93 bits per heavy atom. The summed E-state index contributed by atoms with van der Waals surface area (Å²) in [6.07, 6.45) is 9.66. The van der Waals surface area contributed by atoms with E-state index in [-0.39, 0.29) is 17.1 Å². The van der Waals surface area contributed by atoms with Crippen LogP contribution in [-0.2, 0) is 6.42 Å². The van der Waals surface area contributed by atoms with Gasteiger partial charge in [-0.3, -0.25) is 4.79 Å². The molecule has 2 aromatic carbocycles. The molecule has 1 aliphatic heterocycles. The van der Waals surface area contributed by atoms with Crippen molar-refractivity contribution in [1.29, 1.82) is 0 Å². The summed E-state index contributed by atoms with van der Waals surface area (Å²) in [5, 5.41) is 9.89. The highest BCUT2D eigenvalue weighted by Crippen LogP contribution is 2.33. The third-order valence-corrected chi connectivity index (χ3v) is 4.76. The Morgan fingerprint density at radius 1 is 1.11 bits per heavy atom. The lowest BCUT2D eigenvalue weighted by Gasteiger charge is -2.07. The SMILES string of the molecule is COc1cccc(O)c1C(=O)/C=C/CCCCCCc1ccc2c(c1)OCO2. The van der Waals surface area contributed by atoms with Crippen molar-refractivity contribution in [3.05, 3.63) is 59.7 Å². The van der Waals surface area contributed by atoms with Crippen LogP contribution < -0.4 is 14.2 Å². The number of carbonyl (C=O) groups is 1. The van der Waals surface area contributed by atoms with Crippen LogP contribution in [-0.4, -0.2) is 24.8 Å². The van der Waals surface area contributed by atoms with E-state index in [1.165, 1.54) is 24.8 Å². The standard InChI is InChI=1S/C23H26O5/c1-26-21-12-8-11-19(25)23(21)18(24)10-7-5-3-2-4-6-9-17-13-14-20-22(15-17)28-16-27-20/h7-8,10-15,25H,2-6,9,16H2,1H3/b10-7+. The Hall–Kier alpha value is -2.95. The highest BCUT2D eigenvalue weighted by atomic mass is 16.7. The molecule has 148 valence electrons. The molecule has 1 heterocycles. The van der Waals surface area contributed by atoms with Crippen LogP contribution in [0.5, 0.6) is 23.0 Å². The van der Waals surface area contributed by atoms with E-state index in [4.69, 9.17) is 14.2 Å². The maximum atomic E-state index is 12.3. The molecule has 0 bridgehead atoms. The van der Waals surface area contributed by atoms with Gasteiger partial charge in [0.2, 0.25) is 6.79 Å². The number of carbonyl (C=O) groups excluding carboxylic acids is 1. The van der Waals surface area contributed by atoms with Gasteiger partial charge in [-0.15, -0.1) is 0 Å². The maximum Gasteiger partial charge on any atom is 0.231 e. The number of methoxy groups -OCH3 is 1. The Balaban J connectivity index is 1.34. The molecule has 0 aromatic heterocycles. The number of aryl methyl sites for hydroxylation is 1. The Bertz CT molecular complexity index is 841. The van der Waals surface area contributed by atoms with E-state index in [9.17, 15) is 9.90 Å². The van der Waals surface area contributed by atoms with Crippen molar-refractivity contribution < 1.29 is 24.1 Å². The smallest absolute Gasteiger partial charge is 0.231 e. The normalized spacial score (nSPS) is 12.5. The van der Waals surface area contributed by atoms with Crippen LogP contribution in [0.2, 0.25) is 0 Å². The predicted molar refractivity (Wildman–Crippen MR) is 107 cm³/mol. The molecule has 0 saturated heterocycles. The summed E-state index contributed by atoms with van der Waals surface area (Å²) in [5.74, 6) is 1.76. The minimum absolute atomic E-state index is 0.0579. The van der Waals surface area contributed by atoms with Gasteiger partial charge in [-0.2, -0.15) is 0 Å². The number of phenols is 1. The molecule has 1 N–H and O–H groups in total. The largest absolute Gasteiger partial charge is 0.507 e. The van der Waals surface area contributed by atoms with E-state index in [2.05, 4.69) is 12.1 Å². The summed E-state index contributed by atoms with van der Waals surface area (Å²) in [6.45, 7) is 0.311. The van der Waals surface area contributed by atoms with Crippen molar-refractivity contribution in [3.63, 3.8) is 0 Å². The summed E-state index contributed by atoms with van der Waals surface area (Å²) in [4.78, 5) is 12.3. The lowest BCUT2D eigenvalue weighted by molar-refractivity contribution is 0.104. The predicted octanol–water partition coefficient (Wildman–Crippen LogP) is 5.06. The molecule has 0 amide bonds. The van der Waals surface area contributed by atoms with Gasteiger partial charge in [-0.25, -0.2) is 0 Å². The molecule has 0 saturated carbocycles. The van der Waals surface area contributed by atoms with Crippen LogP contribution in [0.15, 0.2) is 48.6 Å². The van der Waals surface area contributed by atoms with E-state index in [1.807, 2.05) is 12.1 Å². The van der Waals surface area contributed by atoms with Gasteiger partial charge in [-0.05, 0) is 61.6 Å². The number of unbranched alkanes of at least 4 members (excludes halogenated alkanes) is 4. The fourth-order valence-corrected chi connectivity index (χ4v) is 3.25. The molecule has 0 radical (unpaired) electrons. The third-order valence-electron chi connectivity index (χ3n) is 4.76. The second-order valence-corrected chi connectivity index (χ2v) is 6.76. The lowest BCUT2D eigenvalue weighted by Crippen LogP contribution is -1.99. The van der Waals surface area contributed by atoms with Crippen LogP contribution in [0, 0.1) is 0 Å². The third kappa shape index (κ3) is 5.06. The van der Waals surface area contributed by atoms with Crippen LogP contribution >= 0.6 is 0 Å². The number of allylic oxidation sites excluding steroid dienone is 2. The van der Waals surface area contributed by atoms with E-state index < -0.39 is 0 Å². The summed E-state index contributed by atoms with van der Waals surface area (Å²) < 4.78 is 15.9. The second kappa shape index (κ2) is 9.83. The molecule has 2 aromatic rings. The van der Waals surface area contributed by atoms with E-state index >= 15 is 0 Å². The van der Waals surface area contributed by atoms with Crippen LogP contribution in [0.3, 0.4) is 0 Å². The van der Waals surface area contributed by atoms with Gasteiger partial charge >= 0.3 is 0 Å². The lowest BCUT2D eigenvalue weighted by atomic mass is 10.0. The van der Waals surface area contributed by atoms with E-state index in [0.717, 1.165) is 50.0 Å². The fraction of sp³-hybridized carbons (Fsp3) is 0.348. The topological polar surface area (TPSA) is 65.0 Å². The minimum atomic E-state index is -0.238. The van der Waals surface area contributed by atoms with Crippen molar-refractivity contribution in [2.24, 2.45) is 0 Å². The number of phenolic OH excluding ortho intramolecular Hbond substituents is 1. The van der Waals surface area contributed by atoms with Gasteiger partial charge < -0.3 is 19.3 Å². The highest BCUT2D eigenvalue weighted by Gasteiger charge is 2.14. The number of benzene rings is 2. The number of ketones is 1. The number of fused-ring (bicyclic) bond motifs is 1. The monoisotopic (exact) mass is 382 g/mol. The van der Waals surface area contributed by atoms with Crippen molar-refractivity contribution in [1.82, 2.24) is 0 Å². The van der Waals surface area contributed by atoms with E-state index in [0.29, 0.717) is 12.5 Å². The Morgan fingerprint density at radius 3 is 2.79 bits per heavy atom. The summed E-state index contributed by atoms with van der Waals surface area (Å²) in [7, 11) is 1.48. The van der Waals surface area contributed by atoms with Crippen molar-refractivity contribution in [2.45, 2.75) is 38.5 Å². The Labute approximate surface area is 165 Å². The van der Waals surface area contributed by atoms with Crippen LogP contribution in [0.1, 0.15) is 48.0 Å². The number of ether oxygens (including phenoxy) is 3. The summed E-state index contributed by atoms with van der Waals surface area (Å²) >= 11 is 0. The average Bonchev–Trinajstić information content (AvgIpc) is 3.17. The number of rotatable bonds is 10. The first-order chi connectivity index (χ1) is 13.7. The van der Waals surface area contributed by atoms with Crippen molar-refractivity contribution in [2.75, 3.05) is 13.9 Å². The first-order valence-corrected chi connectivity index (χ1v) is 9.64. The summed E-state index contributed by atoms with van der Waals surface area (Å²) in [5.41, 5.74) is 1.48. The van der Waals surface area contributed by atoms with Crippen molar-refractivity contribution >= 4 is 5.78 Å². The van der Waals surface area contributed by atoms with Gasteiger partial charge in [0.15, 0.2) is 17.3 Å². The van der Waals surface area contributed by atoms with Crippen molar-refractivity contribution in [3.8, 4) is 23.0 Å². The van der Waals surface area contributed by atoms with E-state index in [1.54, 1.807) is 12.1 Å².